The second-order valence-corrected chi connectivity index (χ2v) is 3.83. The molecule has 96 valence electrons. The van der Waals surface area contributed by atoms with Crippen molar-refractivity contribution in [2.75, 3.05) is 10.9 Å². The molecule has 2 N–H and O–H groups in total. The minimum atomic E-state index is -0.271. The van der Waals surface area contributed by atoms with Gasteiger partial charge in [-0.2, -0.15) is 5.12 Å². The number of anilines is 2. The molecule has 0 aromatic heterocycles. The van der Waals surface area contributed by atoms with Crippen molar-refractivity contribution in [2.45, 2.75) is 0 Å². The quantitative estimate of drug-likeness (QED) is 0.636. The fourth-order valence-corrected chi connectivity index (χ4v) is 1.51. The van der Waals surface area contributed by atoms with Crippen LogP contribution < -0.4 is 10.9 Å². The van der Waals surface area contributed by atoms with Crippen molar-refractivity contribution in [1.82, 2.24) is 5.12 Å². The summed E-state index contributed by atoms with van der Waals surface area (Å²) in [6, 6.07) is 18.9. The Bertz CT molecular complexity index is 498. The summed E-state index contributed by atoms with van der Waals surface area (Å²) < 4.78 is 0. The third-order valence-electron chi connectivity index (χ3n) is 2.42. The highest BCUT2D eigenvalue weighted by Gasteiger charge is 2.09. The summed E-state index contributed by atoms with van der Waals surface area (Å²) in [7, 11) is 0. The molecule has 2 aromatic rings. The van der Waals surface area contributed by atoms with Crippen LogP contribution in [0.3, 0.4) is 0 Å². The maximum atomic E-state index is 11.8. The molecule has 0 bridgehead atoms. The maximum Gasteiger partial charge on any atom is 0.283 e. The van der Waals surface area contributed by atoms with Crippen LogP contribution in [0.15, 0.2) is 73.3 Å². The van der Waals surface area contributed by atoms with Gasteiger partial charge in [-0.25, -0.2) is 0 Å². The van der Waals surface area contributed by atoms with Crippen LogP contribution in [-0.4, -0.2) is 11.0 Å². The van der Waals surface area contributed by atoms with Crippen LogP contribution in [0, 0.1) is 0 Å². The number of hydrogen-bond acceptors (Lipinski definition) is 3. The summed E-state index contributed by atoms with van der Waals surface area (Å²) in [6.45, 7) is 3.49. The van der Waals surface area contributed by atoms with Crippen LogP contribution in [0.25, 0.3) is 0 Å². The predicted octanol–water partition coefficient (Wildman–Crippen LogP) is 3.06. The zero-order chi connectivity index (χ0) is 13.5. The first-order valence-electron chi connectivity index (χ1n) is 5.89. The standard InChI is InChI=1S/C15H15N3O/c1-2-15(19)18(16-13-9-5-3-6-10-13)17-14-11-7-4-8-12-14/h2-12,16-17H,1H2. The summed E-state index contributed by atoms with van der Waals surface area (Å²) in [5.74, 6) is -0.271. The van der Waals surface area contributed by atoms with E-state index in [1.165, 1.54) is 11.2 Å². The Morgan fingerprint density at radius 2 is 1.32 bits per heavy atom. The van der Waals surface area contributed by atoms with Crippen molar-refractivity contribution in [3.63, 3.8) is 0 Å². The lowest BCUT2D eigenvalue weighted by molar-refractivity contribution is -0.123. The predicted molar refractivity (Wildman–Crippen MR) is 77.2 cm³/mol. The lowest BCUT2D eigenvalue weighted by Gasteiger charge is -2.24. The van der Waals surface area contributed by atoms with Gasteiger partial charge in [-0.05, 0) is 30.3 Å². The molecule has 4 nitrogen and oxygen atoms in total. The third-order valence-corrected chi connectivity index (χ3v) is 2.42. The molecular weight excluding hydrogens is 238 g/mol. The lowest BCUT2D eigenvalue weighted by Crippen LogP contribution is -2.39. The zero-order valence-electron chi connectivity index (χ0n) is 10.4. The molecule has 2 aromatic carbocycles. The van der Waals surface area contributed by atoms with Gasteiger partial charge in [-0.3, -0.25) is 15.6 Å². The van der Waals surface area contributed by atoms with E-state index in [2.05, 4.69) is 17.4 Å². The molecule has 4 heteroatoms. The van der Waals surface area contributed by atoms with E-state index in [0.29, 0.717) is 0 Å². The van der Waals surface area contributed by atoms with Crippen LogP contribution in [0.4, 0.5) is 11.4 Å². The molecule has 1 amide bonds. The summed E-state index contributed by atoms with van der Waals surface area (Å²) >= 11 is 0. The number of hydrazine groups is 2. The monoisotopic (exact) mass is 253 g/mol. The molecule has 0 fully saturated rings. The number of rotatable bonds is 5. The number of para-hydroxylation sites is 2. The topological polar surface area (TPSA) is 44.4 Å². The number of benzene rings is 2. The van der Waals surface area contributed by atoms with Crippen molar-refractivity contribution in [1.29, 1.82) is 0 Å². The molecule has 0 aliphatic carbocycles. The molecule has 0 aliphatic heterocycles. The normalized spacial score (nSPS) is 9.47. The Kier molecular flexibility index (Phi) is 4.18. The van der Waals surface area contributed by atoms with Gasteiger partial charge in [-0.15, -0.1) is 0 Å². The maximum absolute atomic E-state index is 11.8. The smallest absolute Gasteiger partial charge is 0.277 e. The van der Waals surface area contributed by atoms with Crippen LogP contribution in [0.5, 0.6) is 0 Å². The first kappa shape index (κ1) is 12.7. The highest BCUT2D eigenvalue weighted by molar-refractivity contribution is 5.88. The van der Waals surface area contributed by atoms with Gasteiger partial charge in [-0.1, -0.05) is 43.0 Å². The van der Waals surface area contributed by atoms with Gasteiger partial charge >= 0.3 is 0 Å². The highest BCUT2D eigenvalue weighted by Crippen LogP contribution is 2.10. The van der Waals surface area contributed by atoms with Gasteiger partial charge < -0.3 is 0 Å². The van der Waals surface area contributed by atoms with Gasteiger partial charge in [0.25, 0.3) is 5.91 Å². The molecule has 0 unspecified atom stereocenters. The van der Waals surface area contributed by atoms with E-state index in [9.17, 15) is 4.79 Å². The third kappa shape index (κ3) is 3.61. The van der Waals surface area contributed by atoms with Gasteiger partial charge in [0, 0.05) is 0 Å². The second-order valence-electron chi connectivity index (χ2n) is 3.83. The molecule has 2 rings (SSSR count). The van der Waals surface area contributed by atoms with E-state index in [4.69, 9.17) is 0 Å². The fraction of sp³-hybridized carbons (Fsp3) is 0. The molecule has 0 aliphatic rings. The van der Waals surface area contributed by atoms with Crippen LogP contribution in [-0.2, 0) is 4.79 Å². The SMILES string of the molecule is C=CC(=O)N(Nc1ccccc1)Nc1ccccc1. The Hall–Kier alpha value is -2.75. The van der Waals surface area contributed by atoms with E-state index in [0.717, 1.165) is 11.4 Å². The number of hydrogen-bond donors (Lipinski definition) is 2. The van der Waals surface area contributed by atoms with E-state index in [1.807, 2.05) is 60.7 Å². The van der Waals surface area contributed by atoms with Crippen molar-refractivity contribution < 1.29 is 4.79 Å². The summed E-state index contributed by atoms with van der Waals surface area (Å²) in [6.07, 6.45) is 1.24. The first-order valence-corrected chi connectivity index (χ1v) is 5.89. The van der Waals surface area contributed by atoms with E-state index < -0.39 is 0 Å². The number of carbonyl (C=O) groups excluding carboxylic acids is 1. The van der Waals surface area contributed by atoms with Crippen molar-refractivity contribution in [3.05, 3.63) is 73.3 Å². The van der Waals surface area contributed by atoms with Crippen molar-refractivity contribution in [3.8, 4) is 0 Å². The molecule has 0 radical (unpaired) electrons. The largest absolute Gasteiger partial charge is 0.283 e. The Morgan fingerprint density at radius 3 is 1.68 bits per heavy atom. The lowest BCUT2D eigenvalue weighted by atomic mass is 10.3. The minimum absolute atomic E-state index is 0.271. The second kappa shape index (κ2) is 6.26. The summed E-state index contributed by atoms with van der Waals surface area (Å²) in [4.78, 5) is 11.8. The molecule has 0 atom stereocenters. The zero-order valence-corrected chi connectivity index (χ0v) is 10.4. The molecule has 19 heavy (non-hydrogen) atoms. The van der Waals surface area contributed by atoms with Crippen LogP contribution in [0.2, 0.25) is 0 Å². The van der Waals surface area contributed by atoms with Crippen LogP contribution in [0.1, 0.15) is 0 Å². The Morgan fingerprint density at radius 1 is 0.895 bits per heavy atom. The molecule has 0 heterocycles. The van der Waals surface area contributed by atoms with Crippen molar-refractivity contribution >= 4 is 17.3 Å². The highest BCUT2D eigenvalue weighted by atomic mass is 16.2. The number of amides is 1. The summed E-state index contributed by atoms with van der Waals surface area (Å²) in [5.41, 5.74) is 7.57. The van der Waals surface area contributed by atoms with Crippen molar-refractivity contribution in [2.24, 2.45) is 0 Å². The summed E-state index contributed by atoms with van der Waals surface area (Å²) in [5, 5.41) is 1.29. The minimum Gasteiger partial charge on any atom is -0.277 e. The van der Waals surface area contributed by atoms with Gasteiger partial charge in [0.1, 0.15) is 0 Å². The van der Waals surface area contributed by atoms with E-state index in [-0.39, 0.29) is 5.91 Å². The van der Waals surface area contributed by atoms with Gasteiger partial charge in [0.15, 0.2) is 0 Å². The number of nitrogens with zero attached hydrogens (tertiary/aromatic N) is 1. The van der Waals surface area contributed by atoms with Gasteiger partial charge in [0.05, 0.1) is 11.4 Å². The first-order chi connectivity index (χ1) is 9.29. The van der Waals surface area contributed by atoms with E-state index in [1.54, 1.807) is 0 Å². The van der Waals surface area contributed by atoms with Gasteiger partial charge in [0.2, 0.25) is 0 Å². The molecule has 0 saturated heterocycles. The fourth-order valence-electron chi connectivity index (χ4n) is 1.51. The molecule has 0 saturated carbocycles. The number of nitrogens with one attached hydrogen (secondary N) is 2. The van der Waals surface area contributed by atoms with E-state index >= 15 is 0 Å². The van der Waals surface area contributed by atoms with Crippen LogP contribution >= 0.6 is 0 Å². The Labute approximate surface area is 112 Å². The molecule has 0 spiro atoms. The average Bonchev–Trinajstić information content (AvgIpc) is 2.48. The number of carbonyl (C=O) groups is 1. The Balaban J connectivity index is 2.13. The molecular formula is C15H15N3O. The average molecular weight is 253 g/mol.